The third-order valence-electron chi connectivity index (χ3n) is 0.673. The lowest BCUT2D eigenvalue weighted by atomic mass is 10.6. The summed E-state index contributed by atoms with van der Waals surface area (Å²) < 4.78 is 18.1. The maximum absolute atomic E-state index is 9.93. The van der Waals surface area contributed by atoms with Crippen molar-refractivity contribution < 1.29 is 8.76 Å². The minimum atomic E-state index is -1.43. The van der Waals surface area contributed by atoms with E-state index in [4.69, 9.17) is 4.55 Å². The fourth-order valence-corrected chi connectivity index (χ4v) is 2.41. The summed E-state index contributed by atoms with van der Waals surface area (Å²) in [5.41, 5.74) is 0. The summed E-state index contributed by atoms with van der Waals surface area (Å²) in [6.45, 7) is 2.03. The first-order valence-electron chi connectivity index (χ1n) is 2.35. The van der Waals surface area contributed by atoms with E-state index in [1.165, 1.54) is 0 Å². The highest BCUT2D eigenvalue weighted by Gasteiger charge is 1.89. The van der Waals surface area contributed by atoms with Crippen molar-refractivity contribution in [3.05, 3.63) is 0 Å². The molecule has 0 bridgehead atoms. The molecule has 0 aliphatic rings. The lowest BCUT2D eigenvalue weighted by Crippen LogP contribution is -1.96. The Labute approximate surface area is 48.1 Å². The van der Waals surface area contributed by atoms with E-state index in [0.29, 0.717) is 0 Å². The van der Waals surface area contributed by atoms with E-state index in [-0.39, 0.29) is 0 Å². The van der Waals surface area contributed by atoms with Crippen molar-refractivity contribution in [3.8, 4) is 0 Å². The Hall–Kier alpha value is 0.327. The summed E-state index contributed by atoms with van der Waals surface area (Å²) in [5.74, 6) is 0. The molecule has 0 heterocycles. The van der Waals surface area contributed by atoms with Gasteiger partial charge in [0, 0.05) is 0 Å². The van der Waals surface area contributed by atoms with Crippen LogP contribution in [0.2, 0.25) is 6.04 Å². The van der Waals surface area contributed by atoms with E-state index in [2.05, 4.69) is 0 Å². The Morgan fingerprint density at radius 2 is 2.43 bits per heavy atom. The second-order valence-corrected chi connectivity index (χ2v) is 5.84. The molecule has 0 amide bonds. The largest absolute Gasteiger partial charge is 0.312 e. The van der Waals surface area contributed by atoms with E-state index in [1.54, 1.807) is 0 Å². The molecule has 44 valence electrons. The minimum Gasteiger partial charge on any atom is -0.312 e. The molecule has 1 N–H and O–H groups in total. The highest BCUT2D eigenvalue weighted by Crippen LogP contribution is 1.85. The van der Waals surface area contributed by atoms with Gasteiger partial charge in [0.15, 0.2) is 8.67 Å². The molecule has 0 saturated heterocycles. The summed E-state index contributed by atoms with van der Waals surface area (Å²) in [6, 6.07) is 0.989. The molecule has 1 unspecified atom stereocenters. The van der Waals surface area contributed by atoms with Crippen LogP contribution in [0.15, 0.2) is 0 Å². The van der Waals surface area contributed by atoms with Gasteiger partial charge in [0.05, 0.1) is 0 Å². The first-order valence-corrected chi connectivity index (χ1v) is 6.35. The molecule has 2 nitrogen and oxygen atoms in total. The third kappa shape index (κ3) is 6.33. The monoisotopic (exact) mass is 138 g/mol. The van der Waals surface area contributed by atoms with E-state index >= 15 is 0 Å². The molecule has 1 atom stereocenters. The number of hydrogen-bond donors (Lipinski definition) is 1. The Morgan fingerprint density at radius 1 is 1.86 bits per heavy atom. The maximum atomic E-state index is 9.93. The minimum absolute atomic E-state index is 0.626. The summed E-state index contributed by atoms with van der Waals surface area (Å²) in [5, 5.41) is 0. The van der Waals surface area contributed by atoms with Gasteiger partial charge in [-0.2, -0.15) is 0 Å². The molecule has 0 aromatic carbocycles. The normalized spacial score (nSPS) is 15.7. The summed E-state index contributed by atoms with van der Waals surface area (Å²) in [6.07, 6.45) is 1.05. The van der Waals surface area contributed by atoms with Crippen LogP contribution in [-0.2, 0) is 10.5 Å². The van der Waals surface area contributed by atoms with Gasteiger partial charge < -0.3 is 4.55 Å². The van der Waals surface area contributed by atoms with Crippen LogP contribution in [0.5, 0.6) is 0 Å². The van der Waals surface area contributed by atoms with Gasteiger partial charge in [0.2, 0.25) is 0 Å². The van der Waals surface area contributed by atoms with E-state index in [9.17, 15) is 4.21 Å². The molecule has 0 saturated carbocycles. The molecular weight excluding hydrogens is 128 g/mol. The second kappa shape index (κ2) is 4.48. The van der Waals surface area contributed by atoms with Gasteiger partial charge in [0.1, 0.15) is 10.5 Å². The van der Waals surface area contributed by atoms with Gasteiger partial charge in [-0.15, -0.1) is 0 Å². The Kier molecular flexibility index (Phi) is 4.69. The highest BCUT2D eigenvalue weighted by atomic mass is 32.4. The summed E-state index contributed by atoms with van der Waals surface area (Å²) >= 11 is 0. The van der Waals surface area contributed by atoms with E-state index in [1.807, 2.05) is 6.92 Å². The standard InChI is InChI=1S/C3H10O2SSi/c1-2-3-7-6(4)5/h2-3,7H2,1H3,(H,4,5). The second-order valence-electron chi connectivity index (χ2n) is 1.38. The Morgan fingerprint density at radius 3 is 2.57 bits per heavy atom. The van der Waals surface area contributed by atoms with Crippen molar-refractivity contribution in [1.29, 1.82) is 0 Å². The van der Waals surface area contributed by atoms with Crippen LogP contribution in [0, 0.1) is 0 Å². The molecule has 0 spiro atoms. The zero-order chi connectivity index (χ0) is 5.70. The first kappa shape index (κ1) is 7.33. The summed E-state index contributed by atoms with van der Waals surface area (Å²) in [7, 11) is -2.05. The lowest BCUT2D eigenvalue weighted by Gasteiger charge is -1.85. The molecular formula is C3H10O2SSi. The first-order chi connectivity index (χ1) is 3.27. The van der Waals surface area contributed by atoms with Gasteiger partial charge in [-0.1, -0.05) is 13.3 Å². The van der Waals surface area contributed by atoms with Crippen LogP contribution in [-0.4, -0.2) is 17.4 Å². The topological polar surface area (TPSA) is 37.3 Å². The van der Waals surface area contributed by atoms with Gasteiger partial charge in [-0.25, -0.2) is 4.21 Å². The molecule has 0 rings (SSSR count). The predicted molar refractivity (Wildman–Crippen MR) is 34.4 cm³/mol. The molecule has 0 fully saturated rings. The number of rotatable bonds is 3. The molecule has 0 radical (unpaired) electrons. The van der Waals surface area contributed by atoms with Crippen LogP contribution in [0.25, 0.3) is 0 Å². The number of hydrogen-bond acceptors (Lipinski definition) is 1. The Balaban J connectivity index is 2.82. The third-order valence-corrected chi connectivity index (χ3v) is 3.93. The molecule has 0 aromatic rings. The van der Waals surface area contributed by atoms with Crippen molar-refractivity contribution >= 4 is 19.2 Å². The van der Waals surface area contributed by atoms with Crippen LogP contribution < -0.4 is 0 Å². The zero-order valence-electron chi connectivity index (χ0n) is 4.39. The molecule has 7 heavy (non-hydrogen) atoms. The van der Waals surface area contributed by atoms with Gasteiger partial charge in [0.25, 0.3) is 0 Å². The highest BCUT2D eigenvalue weighted by molar-refractivity contribution is 8.05. The van der Waals surface area contributed by atoms with E-state index < -0.39 is 19.2 Å². The fourth-order valence-electron chi connectivity index (χ4n) is 0.268. The summed E-state index contributed by atoms with van der Waals surface area (Å²) in [4.78, 5) is 0. The average molecular weight is 138 g/mol. The fraction of sp³-hybridized carbons (Fsp3) is 1.00. The quantitative estimate of drug-likeness (QED) is 0.444. The van der Waals surface area contributed by atoms with Crippen LogP contribution >= 0.6 is 0 Å². The lowest BCUT2D eigenvalue weighted by molar-refractivity contribution is 0.579. The maximum Gasteiger partial charge on any atom is 0.162 e. The van der Waals surface area contributed by atoms with Gasteiger partial charge in [-0.3, -0.25) is 0 Å². The van der Waals surface area contributed by atoms with Crippen molar-refractivity contribution in [2.24, 2.45) is 0 Å². The van der Waals surface area contributed by atoms with Crippen molar-refractivity contribution in [3.63, 3.8) is 0 Å². The predicted octanol–water partition coefficient (Wildman–Crippen LogP) is 0.120. The Bertz CT molecular complexity index is 66.0. The van der Waals surface area contributed by atoms with Crippen molar-refractivity contribution in [2.75, 3.05) is 0 Å². The van der Waals surface area contributed by atoms with E-state index in [0.717, 1.165) is 12.5 Å². The SMILES string of the molecule is CCC[SiH2]S(=O)O. The van der Waals surface area contributed by atoms with Gasteiger partial charge in [-0.05, 0) is 6.04 Å². The van der Waals surface area contributed by atoms with Crippen molar-refractivity contribution in [2.45, 2.75) is 19.4 Å². The molecule has 0 aliphatic heterocycles. The smallest absolute Gasteiger partial charge is 0.162 e. The average Bonchev–Trinajstić information content (AvgIpc) is 1.61. The molecule has 0 aromatic heterocycles. The van der Waals surface area contributed by atoms with Crippen LogP contribution in [0.4, 0.5) is 0 Å². The van der Waals surface area contributed by atoms with Crippen LogP contribution in [0.1, 0.15) is 13.3 Å². The molecule has 4 heteroatoms. The zero-order valence-corrected chi connectivity index (χ0v) is 6.62. The van der Waals surface area contributed by atoms with Crippen molar-refractivity contribution in [1.82, 2.24) is 0 Å². The molecule has 0 aliphatic carbocycles. The van der Waals surface area contributed by atoms with Gasteiger partial charge >= 0.3 is 0 Å². The van der Waals surface area contributed by atoms with Crippen LogP contribution in [0.3, 0.4) is 0 Å².